The Bertz CT molecular complexity index is 509. The summed E-state index contributed by atoms with van der Waals surface area (Å²) in [4.78, 5) is 2.35. The van der Waals surface area contributed by atoms with Crippen molar-refractivity contribution in [2.24, 2.45) is 0 Å². The lowest BCUT2D eigenvalue weighted by Gasteiger charge is -2.51. The zero-order valence-electron chi connectivity index (χ0n) is 12.2. The summed E-state index contributed by atoms with van der Waals surface area (Å²) in [6.07, 6.45) is 5.03. The van der Waals surface area contributed by atoms with E-state index in [2.05, 4.69) is 24.1 Å². The second kappa shape index (κ2) is 4.88. The first-order chi connectivity index (χ1) is 9.39. The summed E-state index contributed by atoms with van der Waals surface area (Å²) >= 11 is 5.94. The minimum atomic E-state index is -0.347. The SMILES string of the molecule is CC1(C)CN(c2ccc(F)c(Cl)c2)CC2(CCCC2)N1. The van der Waals surface area contributed by atoms with Crippen molar-refractivity contribution in [2.75, 3.05) is 18.0 Å². The van der Waals surface area contributed by atoms with Crippen LogP contribution in [0.4, 0.5) is 10.1 Å². The van der Waals surface area contributed by atoms with Gasteiger partial charge in [0.1, 0.15) is 5.82 Å². The van der Waals surface area contributed by atoms with E-state index in [1.807, 2.05) is 6.07 Å². The largest absolute Gasteiger partial charge is 0.368 e. The third-order valence-corrected chi connectivity index (χ3v) is 4.80. The van der Waals surface area contributed by atoms with Crippen molar-refractivity contribution < 1.29 is 4.39 Å². The molecule has 1 aromatic carbocycles. The highest BCUT2D eigenvalue weighted by Crippen LogP contribution is 2.37. The summed E-state index contributed by atoms with van der Waals surface area (Å²) in [5.41, 5.74) is 1.30. The maximum atomic E-state index is 13.3. The van der Waals surface area contributed by atoms with Gasteiger partial charge in [-0.1, -0.05) is 24.4 Å². The molecule has 0 amide bonds. The summed E-state index contributed by atoms with van der Waals surface area (Å²) in [6, 6.07) is 5.06. The fourth-order valence-corrected chi connectivity index (χ4v) is 4.07. The number of nitrogens with one attached hydrogen (secondary N) is 1. The molecule has 2 aliphatic rings. The van der Waals surface area contributed by atoms with Gasteiger partial charge in [-0.25, -0.2) is 4.39 Å². The highest BCUT2D eigenvalue weighted by molar-refractivity contribution is 6.31. The molecule has 1 saturated carbocycles. The van der Waals surface area contributed by atoms with Crippen LogP contribution in [-0.4, -0.2) is 24.2 Å². The zero-order valence-corrected chi connectivity index (χ0v) is 12.9. The van der Waals surface area contributed by atoms with Gasteiger partial charge in [0.2, 0.25) is 0 Å². The predicted molar refractivity (Wildman–Crippen MR) is 82.0 cm³/mol. The second-order valence-electron chi connectivity index (χ2n) is 6.95. The Balaban J connectivity index is 1.90. The lowest BCUT2D eigenvalue weighted by atomic mass is 9.87. The Kier molecular flexibility index (Phi) is 3.46. The highest BCUT2D eigenvalue weighted by Gasteiger charge is 2.44. The molecule has 0 atom stereocenters. The van der Waals surface area contributed by atoms with Crippen LogP contribution in [0.15, 0.2) is 18.2 Å². The number of anilines is 1. The first-order valence-electron chi connectivity index (χ1n) is 7.39. The van der Waals surface area contributed by atoms with Crippen LogP contribution >= 0.6 is 11.6 Å². The van der Waals surface area contributed by atoms with Gasteiger partial charge in [0, 0.05) is 29.9 Å². The number of hydrogen-bond acceptors (Lipinski definition) is 2. The molecule has 0 radical (unpaired) electrons. The van der Waals surface area contributed by atoms with Gasteiger partial charge in [0.05, 0.1) is 5.02 Å². The van der Waals surface area contributed by atoms with E-state index in [0.29, 0.717) is 0 Å². The molecule has 0 unspecified atom stereocenters. The van der Waals surface area contributed by atoms with Crippen LogP contribution in [0.3, 0.4) is 0 Å². The van der Waals surface area contributed by atoms with Crippen molar-refractivity contribution in [2.45, 2.75) is 50.6 Å². The van der Waals surface area contributed by atoms with Gasteiger partial charge in [-0.15, -0.1) is 0 Å². The fraction of sp³-hybridized carbons (Fsp3) is 0.625. The van der Waals surface area contributed by atoms with Crippen molar-refractivity contribution in [1.82, 2.24) is 5.32 Å². The van der Waals surface area contributed by atoms with Crippen LogP contribution in [0.5, 0.6) is 0 Å². The van der Waals surface area contributed by atoms with Gasteiger partial charge in [0.15, 0.2) is 0 Å². The molecular weight excluding hydrogens is 275 g/mol. The number of halogens is 2. The lowest BCUT2D eigenvalue weighted by molar-refractivity contribution is 0.197. The first-order valence-corrected chi connectivity index (χ1v) is 7.76. The number of piperazine rings is 1. The average Bonchev–Trinajstić information content (AvgIpc) is 2.78. The molecule has 110 valence electrons. The molecule has 1 aromatic rings. The number of hydrogen-bond donors (Lipinski definition) is 1. The molecule has 1 spiro atoms. The minimum Gasteiger partial charge on any atom is -0.368 e. The van der Waals surface area contributed by atoms with Gasteiger partial charge >= 0.3 is 0 Å². The smallest absolute Gasteiger partial charge is 0.141 e. The van der Waals surface area contributed by atoms with Gasteiger partial charge in [-0.3, -0.25) is 0 Å². The summed E-state index contributed by atoms with van der Waals surface area (Å²) in [5.74, 6) is -0.347. The topological polar surface area (TPSA) is 15.3 Å². The van der Waals surface area contributed by atoms with Gasteiger partial charge < -0.3 is 10.2 Å². The van der Waals surface area contributed by atoms with Crippen molar-refractivity contribution in [1.29, 1.82) is 0 Å². The van der Waals surface area contributed by atoms with Crippen molar-refractivity contribution >= 4 is 17.3 Å². The predicted octanol–water partition coefficient (Wildman–Crippen LogP) is 3.98. The third kappa shape index (κ3) is 2.66. The van der Waals surface area contributed by atoms with Crippen LogP contribution in [0, 0.1) is 5.82 Å². The monoisotopic (exact) mass is 296 g/mol. The third-order valence-electron chi connectivity index (χ3n) is 4.51. The van der Waals surface area contributed by atoms with E-state index in [9.17, 15) is 4.39 Å². The van der Waals surface area contributed by atoms with E-state index in [0.717, 1.165) is 18.8 Å². The van der Waals surface area contributed by atoms with E-state index in [1.54, 1.807) is 6.07 Å². The van der Waals surface area contributed by atoms with Crippen LogP contribution in [0.2, 0.25) is 5.02 Å². The fourth-order valence-electron chi connectivity index (χ4n) is 3.89. The summed E-state index contributed by atoms with van der Waals surface area (Å²) in [6.45, 7) is 6.38. The Morgan fingerprint density at radius 2 is 1.90 bits per heavy atom. The van der Waals surface area contributed by atoms with Crippen LogP contribution in [-0.2, 0) is 0 Å². The molecule has 1 N–H and O–H groups in total. The molecule has 1 aliphatic carbocycles. The van der Waals surface area contributed by atoms with Gasteiger partial charge in [-0.2, -0.15) is 0 Å². The Morgan fingerprint density at radius 1 is 1.20 bits per heavy atom. The van der Waals surface area contributed by atoms with Crippen molar-refractivity contribution in [3.05, 3.63) is 29.0 Å². The molecule has 1 aliphatic heterocycles. The molecule has 2 nitrogen and oxygen atoms in total. The molecule has 2 fully saturated rings. The molecule has 0 aromatic heterocycles. The summed E-state index contributed by atoms with van der Waals surface area (Å²) in [7, 11) is 0. The Hall–Kier alpha value is -0.800. The molecule has 4 heteroatoms. The van der Waals surface area contributed by atoms with E-state index < -0.39 is 0 Å². The number of benzene rings is 1. The minimum absolute atomic E-state index is 0.0590. The molecule has 1 saturated heterocycles. The maximum Gasteiger partial charge on any atom is 0.141 e. The Labute approximate surface area is 125 Å². The maximum absolute atomic E-state index is 13.3. The normalized spacial score (nSPS) is 24.3. The Morgan fingerprint density at radius 3 is 2.55 bits per heavy atom. The molecule has 0 bridgehead atoms. The number of nitrogens with zero attached hydrogens (tertiary/aromatic N) is 1. The van der Waals surface area contributed by atoms with E-state index in [4.69, 9.17) is 11.6 Å². The highest BCUT2D eigenvalue weighted by atomic mass is 35.5. The van der Waals surface area contributed by atoms with Crippen LogP contribution in [0.25, 0.3) is 0 Å². The van der Waals surface area contributed by atoms with E-state index in [-0.39, 0.29) is 21.9 Å². The molecule has 3 rings (SSSR count). The van der Waals surface area contributed by atoms with Crippen LogP contribution < -0.4 is 10.2 Å². The average molecular weight is 297 g/mol. The molecule has 20 heavy (non-hydrogen) atoms. The van der Waals surface area contributed by atoms with Crippen molar-refractivity contribution in [3.8, 4) is 0 Å². The second-order valence-corrected chi connectivity index (χ2v) is 7.36. The standard InChI is InChI=1S/C16H22ClFN2/c1-15(2)10-20(11-16(19-15)7-3-4-8-16)12-5-6-14(18)13(17)9-12/h5-6,9,19H,3-4,7-8,10-11H2,1-2H3. The quantitative estimate of drug-likeness (QED) is 0.843. The first kappa shape index (κ1) is 14.2. The molecular formula is C16H22ClFN2. The molecule has 1 heterocycles. The van der Waals surface area contributed by atoms with Gasteiger partial charge in [-0.05, 0) is 44.9 Å². The number of rotatable bonds is 1. The summed E-state index contributed by atoms with van der Waals surface area (Å²) < 4.78 is 13.3. The summed E-state index contributed by atoms with van der Waals surface area (Å²) in [5, 5.41) is 4.05. The van der Waals surface area contributed by atoms with Crippen molar-refractivity contribution in [3.63, 3.8) is 0 Å². The van der Waals surface area contributed by atoms with Gasteiger partial charge in [0.25, 0.3) is 0 Å². The zero-order chi connectivity index (χ0) is 14.4. The lowest BCUT2D eigenvalue weighted by Crippen LogP contribution is -2.68. The van der Waals surface area contributed by atoms with Crippen LogP contribution in [0.1, 0.15) is 39.5 Å². The van der Waals surface area contributed by atoms with E-state index >= 15 is 0 Å². The van der Waals surface area contributed by atoms with E-state index in [1.165, 1.54) is 31.7 Å².